The van der Waals surface area contributed by atoms with Crippen LogP contribution in [0.2, 0.25) is 0 Å². The highest BCUT2D eigenvalue weighted by molar-refractivity contribution is 5.70. The van der Waals surface area contributed by atoms with E-state index in [-0.39, 0.29) is 0 Å². The Kier molecular flexibility index (Phi) is 3.25. The summed E-state index contributed by atoms with van der Waals surface area (Å²) in [5, 5.41) is 10.7. The maximum atomic E-state index is 5.56. The summed E-state index contributed by atoms with van der Waals surface area (Å²) >= 11 is 0. The van der Waals surface area contributed by atoms with Crippen molar-refractivity contribution in [2.24, 2.45) is 0 Å². The lowest BCUT2D eigenvalue weighted by molar-refractivity contribution is 0.357. The molecule has 3 rings (SSSR count). The van der Waals surface area contributed by atoms with Gasteiger partial charge in [0.1, 0.15) is 5.75 Å². The number of hydrogen-bond donors (Lipinski definition) is 2. The number of ether oxygens (including phenoxy) is 1. The highest BCUT2D eigenvalue weighted by atomic mass is 16.5. The van der Waals surface area contributed by atoms with Crippen LogP contribution < -0.4 is 10.1 Å². The van der Waals surface area contributed by atoms with Gasteiger partial charge in [0, 0.05) is 30.6 Å². The fraction of sp³-hybridized carbons (Fsp3) is 0.400. The molecule has 0 saturated heterocycles. The minimum absolute atomic E-state index is 0.801. The molecule has 0 aliphatic carbocycles. The van der Waals surface area contributed by atoms with Gasteiger partial charge in [-0.15, -0.1) is 0 Å². The van der Waals surface area contributed by atoms with Crippen LogP contribution in [-0.2, 0) is 12.8 Å². The quantitative estimate of drug-likeness (QED) is 0.881. The molecular weight excluding hydrogens is 238 g/mol. The zero-order valence-corrected chi connectivity index (χ0v) is 11.4. The van der Waals surface area contributed by atoms with Crippen LogP contribution in [0, 0.1) is 6.92 Å². The molecule has 2 aromatic rings. The molecule has 1 aliphatic heterocycles. The van der Waals surface area contributed by atoms with Crippen LogP contribution in [0.3, 0.4) is 0 Å². The fourth-order valence-corrected chi connectivity index (χ4v) is 2.63. The lowest BCUT2D eigenvalue weighted by atomic mass is 9.99. The smallest absolute Gasteiger partial charge is 0.122 e. The van der Waals surface area contributed by atoms with E-state index in [0.717, 1.165) is 43.1 Å². The predicted octanol–water partition coefficient (Wildman–Crippen LogP) is 2.08. The first-order valence-electron chi connectivity index (χ1n) is 6.74. The van der Waals surface area contributed by atoms with Gasteiger partial charge >= 0.3 is 0 Å². The Morgan fingerprint density at radius 3 is 3.16 bits per heavy atom. The van der Waals surface area contributed by atoms with Crippen molar-refractivity contribution in [3.63, 3.8) is 0 Å². The van der Waals surface area contributed by atoms with Gasteiger partial charge in [-0.3, -0.25) is 5.10 Å². The van der Waals surface area contributed by atoms with Gasteiger partial charge in [0.15, 0.2) is 0 Å². The molecule has 2 heterocycles. The Balaban J connectivity index is 1.99. The molecule has 0 saturated carbocycles. The Bertz CT molecular complexity index is 589. The van der Waals surface area contributed by atoms with Crippen molar-refractivity contribution in [1.82, 2.24) is 15.5 Å². The van der Waals surface area contributed by atoms with E-state index in [1.165, 1.54) is 16.7 Å². The minimum atomic E-state index is 0.801. The third kappa shape index (κ3) is 2.24. The third-order valence-electron chi connectivity index (χ3n) is 3.61. The van der Waals surface area contributed by atoms with Crippen molar-refractivity contribution in [2.45, 2.75) is 19.8 Å². The largest absolute Gasteiger partial charge is 0.493 e. The van der Waals surface area contributed by atoms with Gasteiger partial charge in [-0.25, -0.2) is 0 Å². The molecule has 4 nitrogen and oxygen atoms in total. The first-order valence-corrected chi connectivity index (χ1v) is 6.74. The van der Waals surface area contributed by atoms with Crippen LogP contribution in [0.1, 0.15) is 17.0 Å². The van der Waals surface area contributed by atoms with Gasteiger partial charge in [-0.1, -0.05) is 6.07 Å². The van der Waals surface area contributed by atoms with Crippen molar-refractivity contribution >= 4 is 0 Å². The van der Waals surface area contributed by atoms with E-state index in [1.54, 1.807) is 0 Å². The lowest BCUT2D eigenvalue weighted by Gasteiger charge is -2.06. The molecule has 4 heteroatoms. The van der Waals surface area contributed by atoms with Crippen molar-refractivity contribution < 1.29 is 4.74 Å². The number of rotatable bonds is 4. The molecule has 0 spiro atoms. The van der Waals surface area contributed by atoms with Crippen LogP contribution in [0.5, 0.6) is 5.75 Å². The number of benzene rings is 1. The number of nitrogens with one attached hydrogen (secondary N) is 2. The summed E-state index contributed by atoms with van der Waals surface area (Å²) in [5.41, 5.74) is 6.04. The number of hydrogen-bond acceptors (Lipinski definition) is 3. The number of H-pyrrole nitrogens is 1. The average molecular weight is 257 g/mol. The number of aromatic nitrogens is 2. The van der Waals surface area contributed by atoms with Crippen molar-refractivity contribution in [1.29, 1.82) is 0 Å². The summed E-state index contributed by atoms with van der Waals surface area (Å²) in [6.07, 6.45) is 1.94. The minimum Gasteiger partial charge on any atom is -0.493 e. The monoisotopic (exact) mass is 257 g/mol. The summed E-state index contributed by atoms with van der Waals surface area (Å²) in [6.45, 7) is 3.82. The first kappa shape index (κ1) is 12.2. The van der Waals surface area contributed by atoms with E-state index in [0.29, 0.717) is 0 Å². The van der Waals surface area contributed by atoms with Crippen molar-refractivity contribution in [3.8, 4) is 16.9 Å². The van der Waals surface area contributed by atoms with E-state index in [2.05, 4.69) is 40.6 Å². The number of likely N-dealkylation sites (N-methyl/N-ethyl adjacent to an activating group) is 1. The van der Waals surface area contributed by atoms with Crippen LogP contribution >= 0.6 is 0 Å². The maximum Gasteiger partial charge on any atom is 0.122 e. The third-order valence-corrected chi connectivity index (χ3v) is 3.61. The van der Waals surface area contributed by atoms with Gasteiger partial charge in [0.05, 0.1) is 12.3 Å². The SMILES string of the molecule is CNCCc1n[nH]c(C)c1-c1ccc2c(c1)CCO2. The van der Waals surface area contributed by atoms with Crippen LogP contribution in [0.15, 0.2) is 18.2 Å². The summed E-state index contributed by atoms with van der Waals surface area (Å²) in [4.78, 5) is 0. The van der Waals surface area contributed by atoms with Gasteiger partial charge in [-0.2, -0.15) is 5.10 Å². The van der Waals surface area contributed by atoms with E-state index < -0.39 is 0 Å². The molecule has 1 aromatic carbocycles. The highest BCUT2D eigenvalue weighted by Crippen LogP contribution is 2.33. The molecule has 100 valence electrons. The van der Waals surface area contributed by atoms with Crippen LogP contribution in [0.4, 0.5) is 0 Å². The number of aromatic amines is 1. The Morgan fingerprint density at radius 2 is 2.32 bits per heavy atom. The van der Waals surface area contributed by atoms with E-state index in [1.807, 2.05) is 7.05 Å². The van der Waals surface area contributed by atoms with Gasteiger partial charge < -0.3 is 10.1 Å². The molecule has 0 bridgehead atoms. The number of fused-ring (bicyclic) bond motifs is 1. The molecule has 0 unspecified atom stereocenters. The lowest BCUT2D eigenvalue weighted by Crippen LogP contribution is -2.11. The molecule has 1 aromatic heterocycles. The topological polar surface area (TPSA) is 49.9 Å². The number of nitrogens with zero attached hydrogens (tertiary/aromatic N) is 1. The standard InChI is InChI=1S/C15H19N3O/c1-10-15(13(18-17-10)5-7-16-2)12-3-4-14-11(9-12)6-8-19-14/h3-4,9,16H,5-8H2,1-2H3,(H,17,18). The molecule has 0 radical (unpaired) electrons. The Morgan fingerprint density at radius 1 is 1.42 bits per heavy atom. The molecule has 0 fully saturated rings. The van der Waals surface area contributed by atoms with Crippen molar-refractivity contribution in [2.75, 3.05) is 20.2 Å². The molecule has 2 N–H and O–H groups in total. The average Bonchev–Trinajstić information content (AvgIpc) is 3.01. The summed E-state index contributed by atoms with van der Waals surface area (Å²) in [5.74, 6) is 1.03. The van der Waals surface area contributed by atoms with E-state index >= 15 is 0 Å². The van der Waals surface area contributed by atoms with Gasteiger partial charge in [-0.05, 0) is 37.2 Å². The van der Waals surface area contributed by atoms with E-state index in [9.17, 15) is 0 Å². The van der Waals surface area contributed by atoms with Crippen LogP contribution in [0.25, 0.3) is 11.1 Å². The second-order valence-corrected chi connectivity index (χ2v) is 4.94. The summed E-state index contributed by atoms with van der Waals surface area (Å²) in [6, 6.07) is 6.44. The van der Waals surface area contributed by atoms with E-state index in [4.69, 9.17) is 4.74 Å². The Hall–Kier alpha value is -1.81. The highest BCUT2D eigenvalue weighted by Gasteiger charge is 2.16. The molecule has 0 amide bonds. The first-order chi connectivity index (χ1) is 9.29. The second-order valence-electron chi connectivity index (χ2n) is 4.94. The van der Waals surface area contributed by atoms with Crippen molar-refractivity contribution in [3.05, 3.63) is 35.2 Å². The zero-order valence-electron chi connectivity index (χ0n) is 11.4. The normalized spacial score (nSPS) is 13.4. The fourth-order valence-electron chi connectivity index (χ4n) is 2.63. The second kappa shape index (κ2) is 5.05. The van der Waals surface area contributed by atoms with Crippen LogP contribution in [-0.4, -0.2) is 30.4 Å². The summed E-state index contributed by atoms with van der Waals surface area (Å²) < 4.78 is 5.56. The molecular formula is C15H19N3O. The molecule has 19 heavy (non-hydrogen) atoms. The maximum absolute atomic E-state index is 5.56. The Labute approximate surface area is 113 Å². The molecule has 1 aliphatic rings. The number of aryl methyl sites for hydroxylation is 1. The van der Waals surface area contributed by atoms with Gasteiger partial charge in [0.2, 0.25) is 0 Å². The van der Waals surface area contributed by atoms with Gasteiger partial charge in [0.25, 0.3) is 0 Å². The molecule has 0 atom stereocenters. The summed E-state index contributed by atoms with van der Waals surface area (Å²) in [7, 11) is 1.96. The zero-order chi connectivity index (χ0) is 13.2. The predicted molar refractivity (Wildman–Crippen MR) is 75.6 cm³/mol.